The lowest BCUT2D eigenvalue weighted by Crippen LogP contribution is -2.31. The van der Waals surface area contributed by atoms with Crippen molar-refractivity contribution >= 4 is 35.0 Å². The van der Waals surface area contributed by atoms with Gasteiger partial charge in [-0.25, -0.2) is 13.7 Å². The Labute approximate surface area is 135 Å². The Hall–Kier alpha value is -2.41. The van der Waals surface area contributed by atoms with Gasteiger partial charge in [-0.05, 0) is 24.3 Å². The van der Waals surface area contributed by atoms with E-state index in [0.717, 1.165) is 17.0 Å². The highest BCUT2D eigenvalue weighted by Crippen LogP contribution is 2.36. The van der Waals surface area contributed by atoms with Gasteiger partial charge < -0.3 is 5.73 Å². The first-order chi connectivity index (χ1) is 11.0. The zero-order valence-electron chi connectivity index (χ0n) is 11.8. The average Bonchev–Trinajstić information content (AvgIpc) is 2.79. The van der Waals surface area contributed by atoms with E-state index in [9.17, 15) is 18.4 Å². The molecule has 0 radical (unpaired) electrons. The van der Waals surface area contributed by atoms with Gasteiger partial charge in [-0.15, -0.1) is 11.8 Å². The molecule has 23 heavy (non-hydrogen) atoms. The number of nitrogen functional groups attached to an aromatic ring is 1. The fourth-order valence-electron chi connectivity index (χ4n) is 2.33. The van der Waals surface area contributed by atoms with Gasteiger partial charge in [0.15, 0.2) is 11.6 Å². The summed E-state index contributed by atoms with van der Waals surface area (Å²) in [5.41, 5.74) is 6.39. The molecule has 2 N–H and O–H groups in total. The highest BCUT2D eigenvalue weighted by molar-refractivity contribution is 8.00. The Bertz CT molecular complexity index is 797. The molecule has 0 spiro atoms. The zero-order chi connectivity index (χ0) is 16.6. The number of imide groups is 1. The Kier molecular flexibility index (Phi) is 4.04. The molecule has 2 aromatic rings. The van der Waals surface area contributed by atoms with E-state index in [-0.39, 0.29) is 12.1 Å². The van der Waals surface area contributed by atoms with E-state index < -0.39 is 28.7 Å². The quantitative estimate of drug-likeness (QED) is 0.692. The molecule has 1 aliphatic rings. The van der Waals surface area contributed by atoms with Gasteiger partial charge in [0.25, 0.3) is 0 Å². The minimum Gasteiger partial charge on any atom is -0.398 e. The molecule has 1 atom stereocenters. The molecule has 1 aliphatic heterocycles. The van der Waals surface area contributed by atoms with Crippen LogP contribution in [0.4, 0.5) is 20.2 Å². The predicted molar refractivity (Wildman–Crippen MR) is 84.0 cm³/mol. The van der Waals surface area contributed by atoms with Crippen molar-refractivity contribution in [2.45, 2.75) is 16.6 Å². The molecule has 1 fully saturated rings. The minimum atomic E-state index is -1.11. The fraction of sp³-hybridized carbons (Fsp3) is 0.125. The standard InChI is InChI=1S/C16H12F2N2O2S/c17-10-6-5-9(7-11(10)18)20-15(21)8-14(16(20)22)23-13-4-2-1-3-12(13)19/h1-7,14H,8,19H2/t14-/m0/s1. The van der Waals surface area contributed by atoms with Gasteiger partial charge in [-0.2, -0.15) is 0 Å². The molecule has 2 amide bonds. The molecule has 0 aromatic heterocycles. The summed E-state index contributed by atoms with van der Waals surface area (Å²) in [5, 5.41) is -0.639. The third-order valence-corrected chi connectivity index (χ3v) is 4.73. The van der Waals surface area contributed by atoms with Crippen LogP contribution in [0.25, 0.3) is 0 Å². The Morgan fingerprint density at radius 2 is 1.83 bits per heavy atom. The highest BCUT2D eigenvalue weighted by atomic mass is 32.2. The lowest BCUT2D eigenvalue weighted by atomic mass is 10.3. The number of rotatable bonds is 3. The van der Waals surface area contributed by atoms with Gasteiger partial charge in [0, 0.05) is 23.1 Å². The van der Waals surface area contributed by atoms with E-state index in [0.29, 0.717) is 10.6 Å². The van der Waals surface area contributed by atoms with Crippen LogP contribution in [-0.2, 0) is 9.59 Å². The maximum Gasteiger partial charge on any atom is 0.247 e. The normalized spacial score (nSPS) is 17.8. The SMILES string of the molecule is Nc1ccccc1S[C@H]1CC(=O)N(c2ccc(F)c(F)c2)C1=O. The molecule has 3 rings (SSSR count). The Morgan fingerprint density at radius 1 is 1.09 bits per heavy atom. The number of amides is 2. The van der Waals surface area contributed by atoms with Crippen molar-refractivity contribution in [1.29, 1.82) is 0 Å². The van der Waals surface area contributed by atoms with Crippen molar-refractivity contribution in [2.24, 2.45) is 0 Å². The van der Waals surface area contributed by atoms with E-state index in [1.165, 1.54) is 17.8 Å². The van der Waals surface area contributed by atoms with Crippen LogP contribution < -0.4 is 10.6 Å². The summed E-state index contributed by atoms with van der Waals surface area (Å²) < 4.78 is 26.3. The zero-order valence-corrected chi connectivity index (χ0v) is 12.6. The van der Waals surface area contributed by atoms with E-state index in [1.54, 1.807) is 24.3 Å². The molecular weight excluding hydrogens is 322 g/mol. The molecule has 118 valence electrons. The average molecular weight is 334 g/mol. The van der Waals surface area contributed by atoms with Crippen molar-refractivity contribution in [3.63, 3.8) is 0 Å². The lowest BCUT2D eigenvalue weighted by Gasteiger charge is -2.15. The van der Waals surface area contributed by atoms with Crippen molar-refractivity contribution in [3.05, 3.63) is 54.1 Å². The molecule has 1 saturated heterocycles. The smallest absolute Gasteiger partial charge is 0.247 e. The Morgan fingerprint density at radius 3 is 2.52 bits per heavy atom. The van der Waals surface area contributed by atoms with Gasteiger partial charge in [0.05, 0.1) is 10.9 Å². The van der Waals surface area contributed by atoms with E-state index >= 15 is 0 Å². The molecule has 7 heteroatoms. The summed E-state index contributed by atoms with van der Waals surface area (Å²) in [6.07, 6.45) is -0.0170. The lowest BCUT2D eigenvalue weighted by molar-refractivity contribution is -0.121. The second-order valence-electron chi connectivity index (χ2n) is 5.01. The number of nitrogens with two attached hydrogens (primary N) is 1. The number of anilines is 2. The van der Waals surface area contributed by atoms with Crippen molar-refractivity contribution < 1.29 is 18.4 Å². The first kappa shape index (κ1) is 15.5. The number of para-hydroxylation sites is 1. The first-order valence-electron chi connectivity index (χ1n) is 6.80. The number of thioether (sulfide) groups is 1. The van der Waals surface area contributed by atoms with Crippen molar-refractivity contribution in [3.8, 4) is 0 Å². The molecule has 0 unspecified atom stereocenters. The molecule has 0 aliphatic carbocycles. The van der Waals surface area contributed by atoms with Crippen LogP contribution in [0.1, 0.15) is 6.42 Å². The van der Waals surface area contributed by atoms with Crippen LogP contribution in [0.3, 0.4) is 0 Å². The minimum absolute atomic E-state index is 0.0170. The third-order valence-electron chi connectivity index (χ3n) is 3.45. The molecule has 1 heterocycles. The molecule has 0 saturated carbocycles. The summed E-state index contributed by atoms with van der Waals surface area (Å²) in [7, 11) is 0. The predicted octanol–water partition coefficient (Wildman–Crippen LogP) is 2.97. The molecule has 4 nitrogen and oxygen atoms in total. The van der Waals surface area contributed by atoms with Crippen LogP contribution in [0.5, 0.6) is 0 Å². The molecular formula is C16H12F2N2O2S. The second kappa shape index (κ2) is 6.00. The van der Waals surface area contributed by atoms with Crippen molar-refractivity contribution in [2.75, 3.05) is 10.6 Å². The number of carbonyl (C=O) groups is 2. The summed E-state index contributed by atoms with van der Waals surface area (Å²) in [6, 6.07) is 9.96. The maximum absolute atomic E-state index is 13.3. The summed E-state index contributed by atoms with van der Waals surface area (Å²) in [4.78, 5) is 26.2. The van der Waals surface area contributed by atoms with Gasteiger partial charge in [-0.1, -0.05) is 12.1 Å². The largest absolute Gasteiger partial charge is 0.398 e. The molecule has 2 aromatic carbocycles. The third kappa shape index (κ3) is 2.92. The van der Waals surface area contributed by atoms with Crippen LogP contribution in [0, 0.1) is 11.6 Å². The first-order valence-corrected chi connectivity index (χ1v) is 7.68. The number of halogens is 2. The maximum atomic E-state index is 13.3. The number of hydrogen-bond donors (Lipinski definition) is 1. The van der Waals surface area contributed by atoms with Crippen molar-refractivity contribution in [1.82, 2.24) is 0 Å². The summed E-state index contributed by atoms with van der Waals surface area (Å²) in [5.74, 6) is -3.05. The van der Waals surface area contributed by atoms with Crippen LogP contribution in [-0.4, -0.2) is 17.1 Å². The van der Waals surface area contributed by atoms with Gasteiger partial charge in [0.1, 0.15) is 0 Å². The van der Waals surface area contributed by atoms with E-state index in [2.05, 4.69) is 0 Å². The fourth-order valence-corrected chi connectivity index (χ4v) is 3.43. The monoisotopic (exact) mass is 334 g/mol. The van der Waals surface area contributed by atoms with Gasteiger partial charge in [-0.3, -0.25) is 9.59 Å². The van der Waals surface area contributed by atoms with Crippen LogP contribution in [0.15, 0.2) is 47.4 Å². The highest BCUT2D eigenvalue weighted by Gasteiger charge is 2.40. The van der Waals surface area contributed by atoms with Gasteiger partial charge in [0.2, 0.25) is 11.8 Å². The van der Waals surface area contributed by atoms with Gasteiger partial charge >= 0.3 is 0 Å². The second-order valence-corrected chi connectivity index (χ2v) is 6.26. The van der Waals surface area contributed by atoms with E-state index in [1.807, 2.05) is 0 Å². The molecule has 0 bridgehead atoms. The number of benzene rings is 2. The summed E-state index contributed by atoms with van der Waals surface area (Å²) >= 11 is 1.19. The van der Waals surface area contributed by atoms with E-state index in [4.69, 9.17) is 5.73 Å². The Balaban J connectivity index is 1.85. The number of hydrogen-bond acceptors (Lipinski definition) is 4. The number of nitrogens with zero attached hydrogens (tertiary/aromatic N) is 1. The van der Waals surface area contributed by atoms with Crippen LogP contribution >= 0.6 is 11.8 Å². The summed E-state index contributed by atoms with van der Waals surface area (Å²) in [6.45, 7) is 0. The topological polar surface area (TPSA) is 63.4 Å². The van der Waals surface area contributed by atoms with Crippen LogP contribution in [0.2, 0.25) is 0 Å². The number of carbonyl (C=O) groups excluding carboxylic acids is 2.